The molecule has 2 atom stereocenters. The fraction of sp³-hybridized carbons (Fsp3) is 0.379. The van der Waals surface area contributed by atoms with E-state index in [1.807, 2.05) is 32.0 Å². The third-order valence-electron chi connectivity index (χ3n) is 6.80. The van der Waals surface area contributed by atoms with Crippen molar-refractivity contribution in [3.8, 4) is 17.1 Å². The zero-order chi connectivity index (χ0) is 29.5. The summed E-state index contributed by atoms with van der Waals surface area (Å²) < 4.78 is 41.0. The third-order valence-corrected chi connectivity index (χ3v) is 8.13. The molecule has 41 heavy (non-hydrogen) atoms. The molecule has 0 aliphatic carbocycles. The number of aryl methyl sites for hydroxylation is 2. The molecule has 1 fully saturated rings. The molecule has 6 bridgehead atoms. The summed E-state index contributed by atoms with van der Waals surface area (Å²) in [6.45, 7) is 9.47. The van der Waals surface area contributed by atoms with Crippen LogP contribution >= 0.6 is 0 Å². The summed E-state index contributed by atoms with van der Waals surface area (Å²) in [5, 5.41) is 2.79. The quantitative estimate of drug-likeness (QED) is 0.429. The number of piperidine rings is 1. The lowest BCUT2D eigenvalue weighted by Crippen LogP contribution is -2.52. The minimum atomic E-state index is -4.11. The fourth-order valence-corrected chi connectivity index (χ4v) is 6.01. The first kappa shape index (κ1) is 28.3. The molecule has 1 saturated heterocycles. The highest BCUT2D eigenvalue weighted by atomic mass is 32.2. The van der Waals surface area contributed by atoms with Crippen LogP contribution in [0.5, 0.6) is 5.88 Å². The Hall–Kier alpha value is -4.19. The van der Waals surface area contributed by atoms with E-state index in [1.165, 1.54) is 23.1 Å². The number of benzene rings is 2. The minimum absolute atomic E-state index is 0.0761. The molecular weight excluding hydrogens is 546 g/mol. The number of ether oxygens (including phenoxy) is 2. The summed E-state index contributed by atoms with van der Waals surface area (Å²) >= 11 is 0. The number of carbonyl (C=O) groups excluding carboxylic acids is 2. The lowest BCUT2D eigenvalue weighted by Gasteiger charge is -2.37. The molecule has 1 aromatic heterocycles. The van der Waals surface area contributed by atoms with Gasteiger partial charge in [0.1, 0.15) is 11.7 Å². The normalized spacial score (nSPS) is 20.1. The maximum absolute atomic E-state index is 13.4. The highest BCUT2D eigenvalue weighted by molar-refractivity contribution is 7.92. The van der Waals surface area contributed by atoms with Crippen LogP contribution < -0.4 is 14.8 Å². The number of nitrogens with one attached hydrogen (secondary N) is 2. The topological polar surface area (TPSA) is 140 Å². The van der Waals surface area contributed by atoms with Gasteiger partial charge in [0.05, 0.1) is 23.1 Å². The van der Waals surface area contributed by atoms with Gasteiger partial charge in [0, 0.05) is 23.9 Å². The molecule has 11 nitrogen and oxygen atoms in total. The number of aromatic nitrogens is 2. The van der Waals surface area contributed by atoms with E-state index in [9.17, 15) is 18.0 Å². The predicted molar refractivity (Wildman–Crippen MR) is 153 cm³/mol. The lowest BCUT2D eigenvalue weighted by molar-refractivity contribution is -0.122. The molecule has 2 aliphatic rings. The van der Waals surface area contributed by atoms with Crippen molar-refractivity contribution >= 4 is 33.7 Å². The fourth-order valence-electron chi connectivity index (χ4n) is 5.02. The number of sulfonamides is 1. The van der Waals surface area contributed by atoms with Gasteiger partial charge in [-0.3, -0.25) is 4.79 Å². The van der Waals surface area contributed by atoms with Crippen molar-refractivity contribution < 1.29 is 27.5 Å². The smallest absolute Gasteiger partial charge is 0.410 e. The number of rotatable bonds is 1. The van der Waals surface area contributed by atoms with Gasteiger partial charge < -0.3 is 19.7 Å². The Labute approximate surface area is 239 Å². The maximum atomic E-state index is 13.4. The Bertz CT molecular complexity index is 1600. The largest absolute Gasteiger partial charge is 0.472 e. The van der Waals surface area contributed by atoms with E-state index >= 15 is 0 Å². The predicted octanol–water partition coefficient (Wildman–Crippen LogP) is 4.52. The SMILES string of the molecule is Cc1cccc(C)c1-c1cc2nc(n1)NS(=O)(=O)c1cccc(c1)NC(=O)[C@@H]1C[C@@H](CN(C(=O)OC(C)(C)C)C1)O2. The summed E-state index contributed by atoms with van der Waals surface area (Å²) in [4.78, 5) is 36.7. The van der Waals surface area contributed by atoms with Crippen LogP contribution in [0.2, 0.25) is 0 Å². The molecule has 2 amide bonds. The van der Waals surface area contributed by atoms with Gasteiger partial charge in [-0.1, -0.05) is 24.3 Å². The van der Waals surface area contributed by atoms with E-state index in [0.717, 1.165) is 16.7 Å². The third kappa shape index (κ3) is 6.43. The highest BCUT2D eigenvalue weighted by Crippen LogP contribution is 2.32. The molecule has 0 spiro atoms. The van der Waals surface area contributed by atoms with Gasteiger partial charge in [0.15, 0.2) is 0 Å². The number of hydrogen-bond donors (Lipinski definition) is 2. The van der Waals surface area contributed by atoms with E-state index < -0.39 is 33.7 Å². The maximum Gasteiger partial charge on any atom is 0.410 e. The monoisotopic (exact) mass is 579 g/mol. The summed E-state index contributed by atoms with van der Waals surface area (Å²) in [5.41, 5.74) is 2.75. The Morgan fingerprint density at radius 3 is 2.46 bits per heavy atom. The number of amides is 2. The lowest BCUT2D eigenvalue weighted by atomic mass is 9.95. The van der Waals surface area contributed by atoms with Gasteiger partial charge in [-0.05, 0) is 70.4 Å². The molecule has 0 radical (unpaired) electrons. The molecule has 5 rings (SSSR count). The van der Waals surface area contributed by atoms with Crippen molar-refractivity contribution in [1.82, 2.24) is 14.9 Å². The highest BCUT2D eigenvalue weighted by Gasteiger charge is 2.37. The van der Waals surface area contributed by atoms with Gasteiger partial charge in [-0.25, -0.2) is 22.9 Å². The van der Waals surface area contributed by atoms with E-state index in [1.54, 1.807) is 32.9 Å². The van der Waals surface area contributed by atoms with Crippen LogP contribution in [0.3, 0.4) is 0 Å². The average molecular weight is 580 g/mol. The van der Waals surface area contributed by atoms with Crippen molar-refractivity contribution in [3.05, 3.63) is 59.7 Å². The van der Waals surface area contributed by atoms with Gasteiger partial charge in [-0.2, -0.15) is 4.98 Å². The van der Waals surface area contributed by atoms with Crippen LogP contribution in [0.25, 0.3) is 11.3 Å². The van der Waals surface area contributed by atoms with Crippen molar-refractivity contribution in [2.24, 2.45) is 5.92 Å². The van der Waals surface area contributed by atoms with Crippen molar-refractivity contribution in [1.29, 1.82) is 0 Å². The molecule has 2 N–H and O–H groups in total. The van der Waals surface area contributed by atoms with Gasteiger partial charge in [-0.15, -0.1) is 0 Å². The Morgan fingerprint density at radius 1 is 1.05 bits per heavy atom. The number of fused-ring (bicyclic) bond motifs is 6. The number of carbonyl (C=O) groups is 2. The molecule has 12 heteroatoms. The Balaban J connectivity index is 1.62. The van der Waals surface area contributed by atoms with E-state index in [0.29, 0.717) is 17.8 Å². The standard InChI is InChI=1S/C29H33N5O6S/c1-17-8-6-9-18(2)25(17)23-14-24-32-27(31-23)33-41(37,38)22-11-7-10-20(13-22)30-26(35)19-12-21(39-24)16-34(15-19)28(36)40-29(3,4)5/h6-11,13-14,19,21H,12,15-16H2,1-5H3,(H,30,35)(H,31,32,33)/t19-,21+/m1/s1. The van der Waals surface area contributed by atoms with Crippen molar-refractivity contribution in [2.45, 2.75) is 57.6 Å². The molecule has 3 aromatic rings. The second-order valence-corrected chi connectivity index (χ2v) is 13.0. The molecule has 2 aromatic carbocycles. The molecule has 0 saturated carbocycles. The molecule has 2 aliphatic heterocycles. The minimum Gasteiger partial charge on any atom is -0.472 e. The first-order chi connectivity index (χ1) is 19.3. The number of hydrogen-bond acceptors (Lipinski definition) is 8. The summed E-state index contributed by atoms with van der Waals surface area (Å²) in [7, 11) is -4.11. The molecular formula is C29H33N5O6S. The van der Waals surface area contributed by atoms with Crippen LogP contribution in [0, 0.1) is 19.8 Å². The number of nitrogens with zero attached hydrogens (tertiary/aromatic N) is 3. The van der Waals surface area contributed by atoms with Gasteiger partial charge >= 0.3 is 6.09 Å². The van der Waals surface area contributed by atoms with E-state index in [4.69, 9.17) is 9.47 Å². The Morgan fingerprint density at radius 2 is 1.76 bits per heavy atom. The van der Waals surface area contributed by atoms with Crippen LogP contribution in [-0.2, 0) is 19.6 Å². The van der Waals surface area contributed by atoms with E-state index in [2.05, 4.69) is 20.0 Å². The summed E-state index contributed by atoms with van der Waals surface area (Å²) in [6.07, 6.45) is -0.889. The average Bonchev–Trinajstić information content (AvgIpc) is 2.87. The van der Waals surface area contributed by atoms with Crippen LogP contribution in [0.1, 0.15) is 38.3 Å². The zero-order valence-corrected chi connectivity index (χ0v) is 24.4. The first-order valence-corrected chi connectivity index (χ1v) is 14.8. The number of likely N-dealkylation sites (tertiary alicyclic amines) is 1. The van der Waals surface area contributed by atoms with Crippen LogP contribution in [-0.4, -0.2) is 60.1 Å². The van der Waals surface area contributed by atoms with Gasteiger partial charge in [0.2, 0.25) is 17.7 Å². The first-order valence-electron chi connectivity index (χ1n) is 13.3. The van der Waals surface area contributed by atoms with E-state index in [-0.39, 0.29) is 35.7 Å². The van der Waals surface area contributed by atoms with Crippen LogP contribution in [0.4, 0.5) is 16.4 Å². The summed E-state index contributed by atoms with van der Waals surface area (Å²) in [5.74, 6) is -1.08. The number of anilines is 2. The molecule has 0 unspecified atom stereocenters. The zero-order valence-electron chi connectivity index (χ0n) is 23.6. The second kappa shape index (κ2) is 10.7. The molecule has 216 valence electrons. The van der Waals surface area contributed by atoms with Crippen LogP contribution in [0.15, 0.2) is 53.4 Å². The molecule has 3 heterocycles. The second-order valence-electron chi connectivity index (χ2n) is 11.4. The van der Waals surface area contributed by atoms with Gasteiger partial charge in [0.25, 0.3) is 10.0 Å². The van der Waals surface area contributed by atoms with Crippen molar-refractivity contribution in [3.63, 3.8) is 0 Å². The summed E-state index contributed by atoms with van der Waals surface area (Å²) in [6, 6.07) is 13.4. The Kier molecular flexibility index (Phi) is 7.37. The van der Waals surface area contributed by atoms with Crippen molar-refractivity contribution in [2.75, 3.05) is 23.1 Å².